The van der Waals surface area contributed by atoms with E-state index in [-0.39, 0.29) is 0 Å². The molecule has 2 heterocycles. The van der Waals surface area contributed by atoms with Crippen LogP contribution in [0.2, 0.25) is 5.15 Å². The van der Waals surface area contributed by atoms with E-state index in [0.717, 1.165) is 4.47 Å². The highest BCUT2D eigenvalue weighted by atomic mass is 79.9. The van der Waals surface area contributed by atoms with Crippen LogP contribution in [0.15, 0.2) is 16.9 Å². The lowest BCUT2D eigenvalue weighted by atomic mass is 10.6. The highest BCUT2D eigenvalue weighted by molar-refractivity contribution is 9.10. The Morgan fingerprint density at radius 2 is 2.36 bits per heavy atom. The Morgan fingerprint density at radius 1 is 1.55 bits per heavy atom. The van der Waals surface area contributed by atoms with E-state index in [4.69, 9.17) is 11.6 Å². The van der Waals surface area contributed by atoms with Gasteiger partial charge in [0.2, 0.25) is 0 Å². The standard InChI is InChI=1S/C5H2BrClN4/c6-3-1-4(7)10-11-5(3)8-2-9-11/h1-2H. The summed E-state index contributed by atoms with van der Waals surface area (Å²) in [5.41, 5.74) is 0.661. The van der Waals surface area contributed by atoms with Crippen LogP contribution in [0.25, 0.3) is 5.65 Å². The first-order valence-corrected chi connectivity index (χ1v) is 3.96. The summed E-state index contributed by atoms with van der Waals surface area (Å²) < 4.78 is 2.15. The molecule has 0 aliphatic carbocycles. The fourth-order valence-electron chi connectivity index (χ4n) is 0.755. The molecule has 0 saturated carbocycles. The van der Waals surface area contributed by atoms with Crippen LogP contribution in [0.3, 0.4) is 0 Å². The van der Waals surface area contributed by atoms with Crippen LogP contribution in [-0.2, 0) is 0 Å². The van der Waals surface area contributed by atoms with E-state index in [1.165, 1.54) is 11.0 Å². The van der Waals surface area contributed by atoms with E-state index in [1.54, 1.807) is 6.07 Å². The predicted molar refractivity (Wildman–Crippen MR) is 43.5 cm³/mol. The molecule has 2 aromatic heterocycles. The monoisotopic (exact) mass is 232 g/mol. The van der Waals surface area contributed by atoms with Crippen molar-refractivity contribution in [2.75, 3.05) is 0 Å². The van der Waals surface area contributed by atoms with Crippen LogP contribution in [0.5, 0.6) is 0 Å². The van der Waals surface area contributed by atoms with Gasteiger partial charge in [-0.3, -0.25) is 0 Å². The van der Waals surface area contributed by atoms with Crippen molar-refractivity contribution in [1.29, 1.82) is 0 Å². The molecule has 0 bridgehead atoms. The van der Waals surface area contributed by atoms with Crippen molar-refractivity contribution < 1.29 is 0 Å². The lowest BCUT2D eigenvalue weighted by molar-refractivity contribution is 0.798. The second-order valence-corrected chi connectivity index (χ2v) is 3.13. The van der Waals surface area contributed by atoms with E-state index in [9.17, 15) is 0 Å². The Morgan fingerprint density at radius 3 is 3.18 bits per heavy atom. The summed E-state index contributed by atoms with van der Waals surface area (Å²) in [5.74, 6) is 0. The van der Waals surface area contributed by atoms with Crippen molar-refractivity contribution in [3.63, 3.8) is 0 Å². The molecule has 0 aliphatic heterocycles. The van der Waals surface area contributed by atoms with Gasteiger partial charge in [0.1, 0.15) is 6.33 Å². The molecular formula is C5H2BrClN4. The van der Waals surface area contributed by atoms with Crippen molar-refractivity contribution in [2.24, 2.45) is 0 Å². The third-order valence-corrected chi connectivity index (χ3v) is 1.95. The van der Waals surface area contributed by atoms with Crippen molar-refractivity contribution in [1.82, 2.24) is 19.8 Å². The molecule has 0 aromatic carbocycles. The average Bonchev–Trinajstić information content (AvgIpc) is 2.34. The van der Waals surface area contributed by atoms with Gasteiger partial charge in [-0.1, -0.05) is 11.6 Å². The fraction of sp³-hybridized carbons (Fsp3) is 0. The van der Waals surface area contributed by atoms with Gasteiger partial charge in [-0.2, -0.15) is 0 Å². The van der Waals surface area contributed by atoms with E-state index in [1.807, 2.05) is 0 Å². The summed E-state index contributed by atoms with van der Waals surface area (Å²) in [7, 11) is 0. The average molecular weight is 233 g/mol. The molecule has 0 amide bonds. The highest BCUT2D eigenvalue weighted by Gasteiger charge is 2.02. The SMILES string of the molecule is Clc1cc(Br)c2ncnn2n1. The van der Waals surface area contributed by atoms with Crippen molar-refractivity contribution in [3.05, 3.63) is 22.0 Å². The third-order valence-electron chi connectivity index (χ3n) is 1.18. The molecule has 0 atom stereocenters. The van der Waals surface area contributed by atoms with Gasteiger partial charge in [-0.05, 0) is 22.0 Å². The van der Waals surface area contributed by atoms with E-state index in [0.29, 0.717) is 10.8 Å². The van der Waals surface area contributed by atoms with Gasteiger partial charge >= 0.3 is 0 Å². The zero-order valence-electron chi connectivity index (χ0n) is 5.20. The largest absolute Gasteiger partial charge is 0.212 e. The van der Waals surface area contributed by atoms with Gasteiger partial charge in [-0.15, -0.1) is 14.8 Å². The molecule has 11 heavy (non-hydrogen) atoms. The molecule has 2 rings (SSSR count). The molecule has 2 aromatic rings. The molecule has 0 saturated heterocycles. The summed E-state index contributed by atoms with van der Waals surface area (Å²) in [6, 6.07) is 1.67. The predicted octanol–water partition coefficient (Wildman–Crippen LogP) is 1.54. The topological polar surface area (TPSA) is 43.1 Å². The molecular weight excluding hydrogens is 231 g/mol. The summed E-state index contributed by atoms with van der Waals surface area (Å²) >= 11 is 8.93. The maximum Gasteiger partial charge on any atom is 0.190 e. The molecule has 0 aliphatic rings. The minimum absolute atomic E-state index is 0.384. The highest BCUT2D eigenvalue weighted by Crippen LogP contribution is 2.17. The van der Waals surface area contributed by atoms with Gasteiger partial charge in [0, 0.05) is 0 Å². The first-order chi connectivity index (χ1) is 5.27. The van der Waals surface area contributed by atoms with E-state index >= 15 is 0 Å². The Hall–Kier alpha value is -0.680. The van der Waals surface area contributed by atoms with Gasteiger partial charge in [-0.25, -0.2) is 4.98 Å². The minimum Gasteiger partial charge on any atom is -0.212 e. The second kappa shape index (κ2) is 2.42. The first-order valence-electron chi connectivity index (χ1n) is 2.79. The lowest BCUT2D eigenvalue weighted by Gasteiger charge is -1.93. The zero-order valence-corrected chi connectivity index (χ0v) is 7.54. The number of halogens is 2. The van der Waals surface area contributed by atoms with Crippen LogP contribution in [0.1, 0.15) is 0 Å². The Kier molecular flexibility index (Phi) is 1.54. The summed E-state index contributed by atoms with van der Waals surface area (Å²) in [5, 5.41) is 8.08. The van der Waals surface area contributed by atoms with E-state index in [2.05, 4.69) is 31.1 Å². The second-order valence-electron chi connectivity index (χ2n) is 1.89. The maximum atomic E-state index is 5.65. The number of rotatable bonds is 0. The van der Waals surface area contributed by atoms with E-state index < -0.39 is 0 Å². The Bertz CT molecular complexity index is 398. The molecule has 0 spiro atoms. The summed E-state index contributed by atoms with van der Waals surface area (Å²) in [4.78, 5) is 3.94. The van der Waals surface area contributed by atoms with Crippen LogP contribution >= 0.6 is 27.5 Å². The van der Waals surface area contributed by atoms with Crippen molar-refractivity contribution in [3.8, 4) is 0 Å². The summed E-state index contributed by atoms with van der Waals surface area (Å²) in [6.07, 6.45) is 1.42. The Labute approximate surface area is 75.3 Å². The fourth-order valence-corrected chi connectivity index (χ4v) is 1.54. The van der Waals surface area contributed by atoms with Gasteiger partial charge in [0.25, 0.3) is 0 Å². The number of hydrogen-bond donors (Lipinski definition) is 0. The van der Waals surface area contributed by atoms with Crippen LogP contribution in [0.4, 0.5) is 0 Å². The van der Waals surface area contributed by atoms with Gasteiger partial charge in [0.15, 0.2) is 10.8 Å². The number of aromatic nitrogens is 4. The van der Waals surface area contributed by atoms with Crippen LogP contribution in [0, 0.1) is 0 Å². The molecule has 4 nitrogen and oxygen atoms in total. The normalized spacial score (nSPS) is 10.7. The summed E-state index contributed by atoms with van der Waals surface area (Å²) in [6.45, 7) is 0. The Balaban J connectivity index is 2.91. The molecule has 0 unspecified atom stereocenters. The molecule has 0 radical (unpaired) electrons. The smallest absolute Gasteiger partial charge is 0.190 e. The zero-order chi connectivity index (χ0) is 7.84. The quantitative estimate of drug-likeness (QED) is 0.693. The molecule has 6 heteroatoms. The van der Waals surface area contributed by atoms with Crippen molar-refractivity contribution in [2.45, 2.75) is 0 Å². The van der Waals surface area contributed by atoms with Crippen LogP contribution in [-0.4, -0.2) is 19.8 Å². The number of hydrogen-bond acceptors (Lipinski definition) is 3. The van der Waals surface area contributed by atoms with Crippen LogP contribution < -0.4 is 0 Å². The molecule has 0 fully saturated rings. The molecule has 56 valence electrons. The third kappa shape index (κ3) is 1.10. The van der Waals surface area contributed by atoms with Crippen molar-refractivity contribution >= 4 is 33.2 Å². The van der Waals surface area contributed by atoms with Gasteiger partial charge < -0.3 is 0 Å². The number of fused-ring (bicyclic) bond motifs is 1. The minimum atomic E-state index is 0.384. The maximum absolute atomic E-state index is 5.65. The first kappa shape index (κ1) is 7.00. The lowest BCUT2D eigenvalue weighted by Crippen LogP contribution is -1.93. The number of nitrogens with zero attached hydrogens (tertiary/aromatic N) is 4. The molecule has 0 N–H and O–H groups in total. The van der Waals surface area contributed by atoms with Gasteiger partial charge in [0.05, 0.1) is 4.47 Å².